The average molecular weight is 201 g/mol. The Bertz CT molecular complexity index is 365. The van der Waals surface area contributed by atoms with Gasteiger partial charge in [-0.2, -0.15) is 8.42 Å². The summed E-state index contributed by atoms with van der Waals surface area (Å²) in [5.41, 5.74) is 4.66. The number of hydrogen-bond donors (Lipinski definition) is 1. The van der Waals surface area contributed by atoms with Gasteiger partial charge in [0.1, 0.15) is 7.85 Å². The molecule has 0 saturated carbocycles. The maximum Gasteiger partial charge on any atom is 0.292 e. The van der Waals surface area contributed by atoms with Crippen LogP contribution in [-0.4, -0.2) is 34.5 Å². The Morgan fingerprint density at radius 1 is 1.69 bits per heavy atom. The topological polar surface area (TPSA) is 78.6 Å². The van der Waals surface area contributed by atoms with Gasteiger partial charge in [-0.05, 0) is 0 Å². The first-order valence-corrected chi connectivity index (χ1v) is 5.21. The minimum Gasteiger partial charge on any atom is -0.399 e. The Morgan fingerprint density at radius 2 is 2.38 bits per heavy atom. The molecule has 1 saturated heterocycles. The molecule has 0 aromatic carbocycles. The average Bonchev–Trinajstić information content (AvgIpc) is 2.39. The minimum absolute atomic E-state index is 0.0930. The molecule has 2 aliphatic heterocycles. The van der Waals surface area contributed by atoms with Crippen LogP contribution in [0.2, 0.25) is 0 Å². The Kier molecular flexibility index (Phi) is 1.73. The molecule has 70 valence electrons. The fraction of sp³-hybridized carbons (Fsp3) is 0.667. The number of hydrogen-bond acceptors (Lipinski definition) is 5. The van der Waals surface area contributed by atoms with E-state index in [0.717, 1.165) is 5.41 Å². The molecule has 2 rings (SSSR count). The highest BCUT2D eigenvalue weighted by Crippen LogP contribution is 2.37. The summed E-state index contributed by atoms with van der Waals surface area (Å²) in [4.78, 5) is 0. The van der Waals surface area contributed by atoms with E-state index in [0.29, 0.717) is 0 Å². The van der Waals surface area contributed by atoms with E-state index in [9.17, 15) is 8.42 Å². The molecule has 2 aliphatic rings. The molecule has 1 fully saturated rings. The normalized spacial score (nSPS) is 42.5. The van der Waals surface area contributed by atoms with Crippen molar-refractivity contribution in [3.05, 3.63) is 11.1 Å². The van der Waals surface area contributed by atoms with Crippen molar-refractivity contribution in [3.63, 3.8) is 0 Å². The third-order valence-electron chi connectivity index (χ3n) is 2.13. The predicted molar refractivity (Wildman–Crippen MR) is 45.1 cm³/mol. The first-order valence-electron chi connectivity index (χ1n) is 3.74. The van der Waals surface area contributed by atoms with Gasteiger partial charge in [0.2, 0.25) is 0 Å². The van der Waals surface area contributed by atoms with Crippen LogP contribution in [0, 0.1) is 0 Å². The molecular weight excluding hydrogens is 193 g/mol. The van der Waals surface area contributed by atoms with E-state index in [1.807, 2.05) is 0 Å². The Hall–Kier alpha value is -0.525. The maximum absolute atomic E-state index is 11.0. The SMILES string of the molecule is [B][C@H]1CC2(CO1)OS(=O)(=O)C=C2N. The van der Waals surface area contributed by atoms with Gasteiger partial charge in [-0.1, -0.05) is 0 Å². The van der Waals surface area contributed by atoms with E-state index in [2.05, 4.69) is 0 Å². The quantitative estimate of drug-likeness (QED) is 0.393. The van der Waals surface area contributed by atoms with Crippen LogP contribution in [0.15, 0.2) is 11.1 Å². The highest BCUT2D eigenvalue weighted by atomic mass is 32.2. The molecule has 2 N–H and O–H groups in total. The van der Waals surface area contributed by atoms with Gasteiger partial charge in [-0.15, -0.1) is 0 Å². The van der Waals surface area contributed by atoms with Crippen LogP contribution in [0.25, 0.3) is 0 Å². The lowest BCUT2D eigenvalue weighted by Gasteiger charge is -2.20. The molecule has 5 nitrogen and oxygen atoms in total. The lowest BCUT2D eigenvalue weighted by Crippen LogP contribution is -2.36. The monoisotopic (exact) mass is 201 g/mol. The van der Waals surface area contributed by atoms with Crippen LogP contribution in [-0.2, 0) is 19.0 Å². The van der Waals surface area contributed by atoms with Crippen molar-refractivity contribution in [1.29, 1.82) is 0 Å². The summed E-state index contributed by atoms with van der Waals surface area (Å²) in [5.74, 6) is 0. The maximum atomic E-state index is 11.0. The fourth-order valence-corrected chi connectivity index (χ4v) is 2.73. The van der Waals surface area contributed by atoms with Crippen molar-refractivity contribution in [3.8, 4) is 0 Å². The van der Waals surface area contributed by atoms with Crippen LogP contribution in [0.1, 0.15) is 6.42 Å². The largest absolute Gasteiger partial charge is 0.399 e. The molecule has 13 heavy (non-hydrogen) atoms. The van der Waals surface area contributed by atoms with E-state index >= 15 is 0 Å². The molecule has 1 spiro atoms. The Balaban J connectivity index is 2.34. The summed E-state index contributed by atoms with van der Waals surface area (Å²) in [7, 11) is 1.83. The third-order valence-corrected chi connectivity index (χ3v) is 3.23. The second-order valence-corrected chi connectivity index (χ2v) is 4.59. The smallest absolute Gasteiger partial charge is 0.292 e. The lowest BCUT2D eigenvalue weighted by molar-refractivity contribution is 0.0883. The molecule has 0 aromatic heterocycles. The molecule has 7 heteroatoms. The molecular formula is C6H8BNO4S. The summed E-state index contributed by atoms with van der Waals surface area (Å²) < 4.78 is 31.9. The molecule has 0 aliphatic carbocycles. The number of nitrogens with two attached hydrogens (primary N) is 1. The number of ether oxygens (including phenoxy) is 1. The molecule has 0 aromatic rings. The van der Waals surface area contributed by atoms with Crippen LogP contribution >= 0.6 is 0 Å². The van der Waals surface area contributed by atoms with Crippen molar-refractivity contribution in [2.75, 3.05) is 6.61 Å². The summed E-state index contributed by atoms with van der Waals surface area (Å²) in [6.07, 6.45) is 0.272. The van der Waals surface area contributed by atoms with Crippen molar-refractivity contribution in [1.82, 2.24) is 0 Å². The molecule has 2 atom stereocenters. The zero-order chi connectivity index (χ0) is 9.69. The van der Waals surface area contributed by atoms with Crippen LogP contribution in [0.5, 0.6) is 0 Å². The van der Waals surface area contributed by atoms with Gasteiger partial charge in [0.05, 0.1) is 17.7 Å². The second kappa shape index (κ2) is 2.49. The van der Waals surface area contributed by atoms with Gasteiger partial charge in [-0.25, -0.2) is 0 Å². The van der Waals surface area contributed by atoms with E-state index in [1.54, 1.807) is 0 Å². The van der Waals surface area contributed by atoms with Crippen LogP contribution < -0.4 is 5.73 Å². The highest BCUT2D eigenvalue weighted by molar-refractivity contribution is 7.90. The van der Waals surface area contributed by atoms with Crippen molar-refractivity contribution in [2.24, 2.45) is 5.73 Å². The summed E-state index contributed by atoms with van der Waals surface area (Å²) in [6.45, 7) is 0.0930. The van der Waals surface area contributed by atoms with E-state index in [1.165, 1.54) is 0 Å². The molecule has 2 heterocycles. The number of rotatable bonds is 0. The molecule has 2 radical (unpaired) electrons. The summed E-state index contributed by atoms with van der Waals surface area (Å²) >= 11 is 0. The molecule has 1 unspecified atom stereocenters. The summed E-state index contributed by atoms with van der Waals surface area (Å²) in [5, 5.41) is 0.911. The van der Waals surface area contributed by atoms with Crippen LogP contribution in [0.3, 0.4) is 0 Å². The zero-order valence-corrected chi connectivity index (χ0v) is 7.58. The standard InChI is InChI=1S/C6H8BNO4S/c7-5-1-6(3-11-5)4(8)2-13(9,10)12-6/h2,5H,1,3,8H2/t5-,6?/m1/s1. The molecule has 0 amide bonds. The van der Waals surface area contributed by atoms with Gasteiger partial charge in [-0.3, -0.25) is 4.18 Å². The van der Waals surface area contributed by atoms with Crippen molar-refractivity contribution >= 4 is 18.0 Å². The van der Waals surface area contributed by atoms with E-state index in [-0.39, 0.29) is 18.7 Å². The van der Waals surface area contributed by atoms with E-state index in [4.69, 9.17) is 22.5 Å². The first kappa shape index (κ1) is 9.05. The van der Waals surface area contributed by atoms with Gasteiger partial charge >= 0.3 is 0 Å². The second-order valence-electron chi connectivity index (χ2n) is 3.20. The Labute approximate surface area is 77.4 Å². The first-order chi connectivity index (χ1) is 5.94. The van der Waals surface area contributed by atoms with Crippen LogP contribution in [0.4, 0.5) is 0 Å². The van der Waals surface area contributed by atoms with Crippen molar-refractivity contribution < 1.29 is 17.3 Å². The zero-order valence-electron chi connectivity index (χ0n) is 6.76. The minimum atomic E-state index is -3.63. The van der Waals surface area contributed by atoms with E-state index < -0.39 is 21.7 Å². The lowest BCUT2D eigenvalue weighted by atomic mass is 9.89. The Morgan fingerprint density at radius 3 is 2.77 bits per heavy atom. The third kappa shape index (κ3) is 1.36. The van der Waals surface area contributed by atoms with Gasteiger partial charge in [0, 0.05) is 12.4 Å². The fourth-order valence-electron chi connectivity index (χ4n) is 1.50. The van der Waals surface area contributed by atoms with Gasteiger partial charge in [0.25, 0.3) is 10.1 Å². The van der Waals surface area contributed by atoms with Gasteiger partial charge < -0.3 is 10.5 Å². The van der Waals surface area contributed by atoms with Crippen molar-refractivity contribution in [2.45, 2.75) is 18.0 Å². The molecule has 0 bridgehead atoms. The van der Waals surface area contributed by atoms with Gasteiger partial charge in [0.15, 0.2) is 5.60 Å². The predicted octanol–water partition coefficient (Wildman–Crippen LogP) is -1.20. The highest BCUT2D eigenvalue weighted by Gasteiger charge is 2.49. The summed E-state index contributed by atoms with van der Waals surface area (Å²) in [6, 6.07) is -0.514.